The average molecular weight is 363 g/mol. The van der Waals surface area contributed by atoms with Gasteiger partial charge in [-0.3, -0.25) is 0 Å². The van der Waals surface area contributed by atoms with Crippen LogP contribution in [0.15, 0.2) is 41.8 Å². The molecule has 0 bridgehead atoms. The monoisotopic (exact) mass is 363 g/mol. The molecule has 0 unspecified atom stereocenters. The average Bonchev–Trinajstić information content (AvgIpc) is 3.09. The van der Waals surface area contributed by atoms with Gasteiger partial charge in [-0.05, 0) is 30.3 Å². The van der Waals surface area contributed by atoms with Crippen LogP contribution in [-0.2, 0) is 6.61 Å². The van der Waals surface area contributed by atoms with E-state index in [0.29, 0.717) is 17.2 Å². The van der Waals surface area contributed by atoms with Crippen molar-refractivity contribution < 1.29 is 23.0 Å². The number of ether oxygens (including phenoxy) is 3. The standard InChI is InChI=1S/C18H15F2NO3S/c1-22-16-5-3-11(7-17(16)23-2)18-21-13(10-25-18)9-24-15-6-4-12(19)8-14(15)20/h3-8,10H,9H2,1-2H3. The zero-order chi connectivity index (χ0) is 17.8. The summed E-state index contributed by atoms with van der Waals surface area (Å²) in [6.45, 7) is 0.0896. The van der Waals surface area contributed by atoms with Crippen molar-refractivity contribution in [3.8, 4) is 27.8 Å². The lowest BCUT2D eigenvalue weighted by molar-refractivity contribution is 0.286. The van der Waals surface area contributed by atoms with E-state index in [1.807, 2.05) is 17.5 Å². The predicted molar refractivity (Wildman–Crippen MR) is 91.3 cm³/mol. The van der Waals surface area contributed by atoms with Crippen LogP contribution in [0, 0.1) is 11.6 Å². The molecule has 3 aromatic rings. The van der Waals surface area contributed by atoms with E-state index in [9.17, 15) is 8.78 Å². The molecule has 0 fully saturated rings. The first-order valence-electron chi connectivity index (χ1n) is 7.35. The Morgan fingerprint density at radius 1 is 0.960 bits per heavy atom. The molecule has 1 heterocycles. The Balaban J connectivity index is 1.74. The molecule has 0 aliphatic heterocycles. The van der Waals surface area contributed by atoms with Crippen molar-refractivity contribution in [1.82, 2.24) is 4.98 Å². The molecule has 3 rings (SSSR count). The molecular weight excluding hydrogens is 348 g/mol. The number of benzene rings is 2. The summed E-state index contributed by atoms with van der Waals surface area (Å²) in [4.78, 5) is 4.47. The maximum Gasteiger partial charge on any atom is 0.167 e. The molecular formula is C18H15F2NO3S. The van der Waals surface area contributed by atoms with Crippen LogP contribution < -0.4 is 14.2 Å². The van der Waals surface area contributed by atoms with E-state index in [-0.39, 0.29) is 12.4 Å². The van der Waals surface area contributed by atoms with Crippen LogP contribution in [0.5, 0.6) is 17.2 Å². The Bertz CT molecular complexity index is 883. The number of thiazole rings is 1. The SMILES string of the molecule is COc1ccc(-c2nc(COc3ccc(F)cc3F)cs2)cc1OC. The summed E-state index contributed by atoms with van der Waals surface area (Å²) < 4.78 is 42.3. The molecule has 0 atom stereocenters. The normalized spacial score (nSPS) is 10.6. The minimum Gasteiger partial charge on any atom is -0.493 e. The second kappa shape index (κ2) is 7.48. The lowest BCUT2D eigenvalue weighted by atomic mass is 10.2. The third kappa shape index (κ3) is 3.88. The second-order valence-corrected chi connectivity index (χ2v) is 5.94. The largest absolute Gasteiger partial charge is 0.493 e. The van der Waals surface area contributed by atoms with Crippen LogP contribution in [-0.4, -0.2) is 19.2 Å². The number of aromatic nitrogens is 1. The van der Waals surface area contributed by atoms with Gasteiger partial charge in [-0.2, -0.15) is 0 Å². The molecule has 0 spiro atoms. The van der Waals surface area contributed by atoms with Crippen LogP contribution in [0.25, 0.3) is 10.6 Å². The molecule has 0 radical (unpaired) electrons. The zero-order valence-corrected chi connectivity index (χ0v) is 14.4. The molecule has 0 aliphatic rings. The molecule has 0 amide bonds. The number of hydrogen-bond acceptors (Lipinski definition) is 5. The quantitative estimate of drug-likeness (QED) is 0.637. The van der Waals surface area contributed by atoms with Crippen molar-refractivity contribution in [2.75, 3.05) is 14.2 Å². The Labute approximate surface area is 147 Å². The fourth-order valence-electron chi connectivity index (χ4n) is 2.22. The lowest BCUT2D eigenvalue weighted by Gasteiger charge is -2.08. The van der Waals surface area contributed by atoms with Crippen molar-refractivity contribution in [2.24, 2.45) is 0 Å². The Morgan fingerprint density at radius 3 is 2.44 bits per heavy atom. The first kappa shape index (κ1) is 17.2. The van der Waals surface area contributed by atoms with Gasteiger partial charge in [0.2, 0.25) is 0 Å². The van der Waals surface area contributed by atoms with Gasteiger partial charge in [-0.25, -0.2) is 13.8 Å². The van der Waals surface area contributed by atoms with Gasteiger partial charge in [0.1, 0.15) is 17.4 Å². The number of nitrogens with zero attached hydrogens (tertiary/aromatic N) is 1. The summed E-state index contributed by atoms with van der Waals surface area (Å²) >= 11 is 1.44. The van der Waals surface area contributed by atoms with Crippen LogP contribution in [0.4, 0.5) is 8.78 Å². The third-order valence-electron chi connectivity index (χ3n) is 3.45. The van der Waals surface area contributed by atoms with Gasteiger partial charge in [-0.1, -0.05) is 0 Å². The number of hydrogen-bond donors (Lipinski definition) is 0. The molecule has 0 saturated carbocycles. The van der Waals surface area contributed by atoms with Gasteiger partial charge < -0.3 is 14.2 Å². The van der Waals surface area contributed by atoms with Crippen LogP contribution in [0.1, 0.15) is 5.69 Å². The molecule has 130 valence electrons. The summed E-state index contributed by atoms with van der Waals surface area (Å²) in [5, 5.41) is 2.60. The fraction of sp³-hybridized carbons (Fsp3) is 0.167. The first-order chi connectivity index (χ1) is 12.1. The molecule has 2 aromatic carbocycles. The lowest BCUT2D eigenvalue weighted by Crippen LogP contribution is -1.98. The number of methoxy groups -OCH3 is 2. The Hall–Kier alpha value is -2.67. The smallest absolute Gasteiger partial charge is 0.167 e. The summed E-state index contributed by atoms with van der Waals surface area (Å²) in [7, 11) is 3.14. The van der Waals surface area contributed by atoms with Gasteiger partial charge in [0.15, 0.2) is 23.1 Å². The van der Waals surface area contributed by atoms with E-state index in [0.717, 1.165) is 22.7 Å². The highest BCUT2D eigenvalue weighted by molar-refractivity contribution is 7.13. The van der Waals surface area contributed by atoms with Crippen LogP contribution in [0.2, 0.25) is 0 Å². The third-order valence-corrected chi connectivity index (χ3v) is 4.39. The topological polar surface area (TPSA) is 40.6 Å². The van der Waals surface area contributed by atoms with E-state index >= 15 is 0 Å². The van der Waals surface area contributed by atoms with Crippen LogP contribution >= 0.6 is 11.3 Å². The van der Waals surface area contributed by atoms with E-state index in [4.69, 9.17) is 14.2 Å². The minimum absolute atomic E-state index is 0.0120. The van der Waals surface area contributed by atoms with Gasteiger partial charge in [0.05, 0.1) is 19.9 Å². The molecule has 0 aliphatic carbocycles. The van der Waals surface area contributed by atoms with Gasteiger partial charge in [0, 0.05) is 17.0 Å². The van der Waals surface area contributed by atoms with Crippen molar-refractivity contribution in [3.05, 3.63) is 59.1 Å². The molecule has 7 heteroatoms. The first-order valence-corrected chi connectivity index (χ1v) is 8.23. The fourth-order valence-corrected chi connectivity index (χ4v) is 3.02. The molecule has 0 saturated heterocycles. The van der Waals surface area contributed by atoms with E-state index < -0.39 is 11.6 Å². The molecule has 4 nitrogen and oxygen atoms in total. The van der Waals surface area contributed by atoms with Gasteiger partial charge in [-0.15, -0.1) is 11.3 Å². The highest BCUT2D eigenvalue weighted by Crippen LogP contribution is 2.33. The maximum atomic E-state index is 13.6. The van der Waals surface area contributed by atoms with E-state index in [1.165, 1.54) is 17.4 Å². The Morgan fingerprint density at radius 2 is 1.72 bits per heavy atom. The number of rotatable bonds is 6. The molecule has 1 aromatic heterocycles. The summed E-state index contributed by atoms with van der Waals surface area (Å²) in [6.07, 6.45) is 0. The highest BCUT2D eigenvalue weighted by atomic mass is 32.1. The second-order valence-electron chi connectivity index (χ2n) is 5.08. The highest BCUT2D eigenvalue weighted by Gasteiger charge is 2.11. The predicted octanol–water partition coefficient (Wildman–Crippen LogP) is 4.68. The zero-order valence-electron chi connectivity index (χ0n) is 13.6. The van der Waals surface area contributed by atoms with Gasteiger partial charge >= 0.3 is 0 Å². The van der Waals surface area contributed by atoms with E-state index in [1.54, 1.807) is 20.3 Å². The minimum atomic E-state index is -0.740. The molecule has 0 N–H and O–H groups in total. The summed E-state index contributed by atoms with van der Waals surface area (Å²) in [6, 6.07) is 8.71. The van der Waals surface area contributed by atoms with Crippen molar-refractivity contribution in [2.45, 2.75) is 6.61 Å². The van der Waals surface area contributed by atoms with Gasteiger partial charge in [0.25, 0.3) is 0 Å². The maximum absolute atomic E-state index is 13.6. The summed E-state index contributed by atoms with van der Waals surface area (Å²) in [5.74, 6) is -0.147. The van der Waals surface area contributed by atoms with Crippen molar-refractivity contribution >= 4 is 11.3 Å². The van der Waals surface area contributed by atoms with Crippen molar-refractivity contribution in [1.29, 1.82) is 0 Å². The molecule has 25 heavy (non-hydrogen) atoms. The van der Waals surface area contributed by atoms with E-state index in [2.05, 4.69) is 4.98 Å². The van der Waals surface area contributed by atoms with Crippen molar-refractivity contribution in [3.63, 3.8) is 0 Å². The number of halogens is 2. The Kier molecular flexibility index (Phi) is 5.14. The summed E-state index contributed by atoms with van der Waals surface area (Å²) in [5.41, 5.74) is 1.53. The van der Waals surface area contributed by atoms with Crippen LogP contribution in [0.3, 0.4) is 0 Å².